The first-order valence-corrected chi connectivity index (χ1v) is 7.82. The number of hydrogen-bond donors (Lipinski definition) is 3. The van der Waals surface area contributed by atoms with Crippen LogP contribution >= 0.6 is 11.3 Å². The fraction of sp³-hybridized carbons (Fsp3) is 0.357. The molecule has 1 atom stereocenters. The molecule has 1 aromatic carbocycles. The Morgan fingerprint density at radius 2 is 2.04 bits per heavy atom. The molecule has 0 fully saturated rings. The van der Waals surface area contributed by atoms with Crippen LogP contribution in [-0.4, -0.2) is 27.9 Å². The topological polar surface area (TPSA) is 87.1 Å². The number of aliphatic hydroxyl groups excluding tert-OH is 1. The molecule has 0 radical (unpaired) electrons. The van der Waals surface area contributed by atoms with Gasteiger partial charge in [0, 0.05) is 13.0 Å². The molecule has 1 heterocycles. The number of halogens is 2. The molecule has 0 aliphatic heterocycles. The lowest BCUT2D eigenvalue weighted by atomic mass is 10.1. The van der Waals surface area contributed by atoms with E-state index in [2.05, 4.69) is 20.8 Å². The minimum absolute atomic E-state index is 0.317. The van der Waals surface area contributed by atoms with E-state index in [1.54, 1.807) is 0 Å². The van der Waals surface area contributed by atoms with Crippen LogP contribution in [0.5, 0.6) is 0 Å². The van der Waals surface area contributed by atoms with Crippen molar-refractivity contribution in [1.29, 1.82) is 0 Å². The molecule has 0 saturated heterocycles. The van der Waals surface area contributed by atoms with Crippen molar-refractivity contribution in [2.24, 2.45) is 0 Å². The Kier molecular flexibility index (Phi) is 5.94. The molecule has 2 rings (SSSR count). The number of carbonyl (C=O) groups excluding carboxylic acids is 1. The molecular weight excluding hydrogens is 326 g/mol. The van der Waals surface area contributed by atoms with Crippen LogP contribution < -0.4 is 10.6 Å². The zero-order valence-electron chi connectivity index (χ0n) is 12.3. The van der Waals surface area contributed by atoms with E-state index in [4.69, 9.17) is 0 Å². The van der Waals surface area contributed by atoms with E-state index in [0.29, 0.717) is 5.13 Å². The van der Waals surface area contributed by atoms with E-state index in [1.807, 2.05) is 6.92 Å². The van der Waals surface area contributed by atoms with E-state index in [0.717, 1.165) is 30.0 Å². The van der Waals surface area contributed by atoms with Crippen LogP contribution in [0.1, 0.15) is 30.0 Å². The number of carbonyl (C=O) groups is 1. The van der Waals surface area contributed by atoms with Crippen LogP contribution in [0.25, 0.3) is 0 Å². The summed E-state index contributed by atoms with van der Waals surface area (Å²) in [6.07, 6.45) is 0.194. The molecule has 1 aromatic heterocycles. The largest absolute Gasteiger partial charge is 0.386 e. The first kappa shape index (κ1) is 17.2. The Morgan fingerprint density at radius 1 is 1.35 bits per heavy atom. The lowest BCUT2D eigenvalue weighted by Gasteiger charge is -2.13. The molecule has 0 spiro atoms. The number of amides is 2. The van der Waals surface area contributed by atoms with Crippen LogP contribution in [0.2, 0.25) is 0 Å². The predicted molar refractivity (Wildman–Crippen MR) is 82.2 cm³/mol. The molecule has 0 aliphatic carbocycles. The first-order chi connectivity index (χ1) is 11.0. The highest BCUT2D eigenvalue weighted by Gasteiger charge is 2.18. The fourth-order valence-electron chi connectivity index (χ4n) is 1.88. The summed E-state index contributed by atoms with van der Waals surface area (Å²) < 4.78 is 27.0. The second-order valence-electron chi connectivity index (χ2n) is 4.74. The highest BCUT2D eigenvalue weighted by atomic mass is 32.1. The van der Waals surface area contributed by atoms with Crippen LogP contribution in [0.4, 0.5) is 18.7 Å². The number of hydrogen-bond acceptors (Lipinski definition) is 5. The molecular formula is C14H16F2N4O2S. The molecule has 23 heavy (non-hydrogen) atoms. The Bertz CT molecular complexity index is 660. The van der Waals surface area contributed by atoms with Crippen LogP contribution in [0, 0.1) is 11.6 Å². The Hall–Kier alpha value is -2.13. The highest BCUT2D eigenvalue weighted by Crippen LogP contribution is 2.20. The molecule has 0 saturated carbocycles. The number of urea groups is 1. The van der Waals surface area contributed by atoms with Gasteiger partial charge >= 0.3 is 6.03 Å². The van der Waals surface area contributed by atoms with Crippen molar-refractivity contribution in [2.75, 3.05) is 11.9 Å². The smallest absolute Gasteiger partial charge is 0.321 e. The number of nitrogens with zero attached hydrogens (tertiary/aromatic N) is 2. The molecule has 124 valence electrons. The fourth-order valence-corrected chi connectivity index (χ4v) is 2.72. The molecule has 9 heteroatoms. The number of nitrogens with one attached hydrogen (secondary N) is 2. The van der Waals surface area contributed by atoms with Crippen molar-refractivity contribution in [2.45, 2.75) is 25.9 Å². The van der Waals surface area contributed by atoms with E-state index in [-0.39, 0.29) is 6.54 Å². The maximum absolute atomic E-state index is 13.5. The van der Waals surface area contributed by atoms with Crippen LogP contribution in [-0.2, 0) is 6.42 Å². The molecule has 2 amide bonds. The van der Waals surface area contributed by atoms with E-state index < -0.39 is 29.3 Å². The van der Waals surface area contributed by atoms with Gasteiger partial charge in [0.2, 0.25) is 5.13 Å². The lowest BCUT2D eigenvalue weighted by molar-refractivity contribution is 0.166. The number of rotatable bonds is 6. The summed E-state index contributed by atoms with van der Waals surface area (Å²) in [7, 11) is 0. The molecule has 2 aromatic rings. The van der Waals surface area contributed by atoms with Crippen molar-refractivity contribution in [3.63, 3.8) is 0 Å². The average molecular weight is 342 g/mol. The summed E-state index contributed by atoms with van der Waals surface area (Å²) >= 11 is 1.24. The maximum Gasteiger partial charge on any atom is 0.321 e. The second kappa shape index (κ2) is 7.93. The monoisotopic (exact) mass is 342 g/mol. The maximum atomic E-state index is 13.5. The normalized spacial score (nSPS) is 12.0. The van der Waals surface area contributed by atoms with Crippen molar-refractivity contribution in [1.82, 2.24) is 15.5 Å². The Morgan fingerprint density at radius 3 is 2.70 bits per heavy atom. The summed E-state index contributed by atoms with van der Waals surface area (Å²) in [6, 6.07) is 2.64. The average Bonchev–Trinajstić information content (AvgIpc) is 2.92. The van der Waals surface area contributed by atoms with Gasteiger partial charge in [-0.1, -0.05) is 24.3 Å². The van der Waals surface area contributed by atoms with Crippen LogP contribution in [0.3, 0.4) is 0 Å². The highest BCUT2D eigenvalue weighted by molar-refractivity contribution is 7.15. The SMILES string of the molecule is CCCc1nnc(NC(=O)NCC(O)c2c(F)cccc2F)s1. The summed E-state index contributed by atoms with van der Waals surface area (Å²) in [4.78, 5) is 11.7. The van der Waals surface area contributed by atoms with Crippen molar-refractivity contribution < 1.29 is 18.7 Å². The van der Waals surface area contributed by atoms with Gasteiger partial charge in [0.1, 0.15) is 22.7 Å². The third-order valence-electron chi connectivity index (χ3n) is 2.94. The molecule has 1 unspecified atom stereocenters. The lowest BCUT2D eigenvalue weighted by Crippen LogP contribution is -2.32. The number of benzene rings is 1. The summed E-state index contributed by atoms with van der Waals surface area (Å²) in [5.41, 5.74) is -0.478. The number of anilines is 1. The summed E-state index contributed by atoms with van der Waals surface area (Å²) in [5, 5.41) is 23.4. The third kappa shape index (κ3) is 4.67. The number of aromatic nitrogens is 2. The third-order valence-corrected chi connectivity index (χ3v) is 3.84. The van der Waals surface area contributed by atoms with Gasteiger partial charge in [-0.05, 0) is 18.6 Å². The van der Waals surface area contributed by atoms with E-state index >= 15 is 0 Å². The summed E-state index contributed by atoms with van der Waals surface area (Å²) in [6.45, 7) is 1.66. The van der Waals surface area contributed by atoms with Crippen molar-refractivity contribution in [3.8, 4) is 0 Å². The molecule has 3 N–H and O–H groups in total. The van der Waals surface area contributed by atoms with Gasteiger partial charge in [-0.3, -0.25) is 5.32 Å². The van der Waals surface area contributed by atoms with E-state index in [9.17, 15) is 18.7 Å². The molecule has 0 bridgehead atoms. The second-order valence-corrected chi connectivity index (χ2v) is 5.80. The Balaban J connectivity index is 1.88. The molecule has 6 nitrogen and oxygen atoms in total. The first-order valence-electron chi connectivity index (χ1n) is 7.00. The zero-order valence-corrected chi connectivity index (χ0v) is 13.2. The van der Waals surface area contributed by atoms with Crippen LogP contribution in [0.15, 0.2) is 18.2 Å². The van der Waals surface area contributed by atoms with Gasteiger partial charge < -0.3 is 10.4 Å². The quantitative estimate of drug-likeness (QED) is 0.753. The zero-order chi connectivity index (χ0) is 16.8. The molecule has 0 aliphatic rings. The van der Waals surface area contributed by atoms with Gasteiger partial charge in [0.15, 0.2) is 0 Å². The van der Waals surface area contributed by atoms with Gasteiger partial charge in [0.05, 0.1) is 5.56 Å². The Labute approximate surface area is 135 Å². The van der Waals surface area contributed by atoms with Crippen molar-refractivity contribution >= 4 is 22.5 Å². The standard InChI is InChI=1S/C14H16F2N4O2S/c1-2-4-11-19-20-14(23-11)18-13(22)17-7-10(21)12-8(15)5-3-6-9(12)16/h3,5-6,10,21H,2,4,7H2,1H3,(H2,17,18,20,22). The number of aryl methyl sites for hydroxylation is 1. The minimum atomic E-state index is -1.49. The minimum Gasteiger partial charge on any atom is -0.386 e. The van der Waals surface area contributed by atoms with Gasteiger partial charge in [0.25, 0.3) is 0 Å². The van der Waals surface area contributed by atoms with Gasteiger partial charge in [-0.25, -0.2) is 13.6 Å². The number of aliphatic hydroxyl groups is 1. The van der Waals surface area contributed by atoms with Gasteiger partial charge in [-0.15, -0.1) is 10.2 Å². The summed E-state index contributed by atoms with van der Waals surface area (Å²) in [5.74, 6) is -1.74. The van der Waals surface area contributed by atoms with Gasteiger partial charge in [-0.2, -0.15) is 0 Å². The van der Waals surface area contributed by atoms with Crippen molar-refractivity contribution in [3.05, 3.63) is 40.4 Å². The predicted octanol–water partition coefficient (Wildman–Crippen LogP) is 2.62. The van der Waals surface area contributed by atoms with E-state index in [1.165, 1.54) is 17.4 Å².